The Kier molecular flexibility index (Phi) is 4.61. The Morgan fingerprint density at radius 3 is 2.82 bits per heavy atom. The third-order valence-electron chi connectivity index (χ3n) is 6.14. The van der Waals surface area contributed by atoms with E-state index in [1.54, 1.807) is 0 Å². The van der Waals surface area contributed by atoms with Gasteiger partial charge in [0.15, 0.2) is 0 Å². The number of imidazole rings is 1. The smallest absolute Gasteiger partial charge is 0.0925 e. The van der Waals surface area contributed by atoms with Crippen molar-refractivity contribution < 1.29 is 0 Å². The summed E-state index contributed by atoms with van der Waals surface area (Å²) in [7, 11) is 1.97. The van der Waals surface area contributed by atoms with Crippen LogP contribution in [0.2, 0.25) is 5.02 Å². The number of aromatic nitrogens is 4. The highest BCUT2D eigenvalue weighted by atomic mass is 35.5. The quantitative estimate of drug-likeness (QED) is 0.737. The van der Waals surface area contributed by atoms with E-state index >= 15 is 0 Å². The van der Waals surface area contributed by atoms with Crippen molar-refractivity contribution in [3.63, 3.8) is 0 Å². The first-order chi connectivity index (χ1) is 13.7. The van der Waals surface area contributed by atoms with Crippen LogP contribution in [0.5, 0.6) is 0 Å². The largest absolute Gasteiger partial charge is 0.371 e. The Morgan fingerprint density at radius 2 is 2.07 bits per heavy atom. The van der Waals surface area contributed by atoms with Gasteiger partial charge in [0.2, 0.25) is 0 Å². The lowest BCUT2D eigenvalue weighted by Gasteiger charge is -2.42. The van der Waals surface area contributed by atoms with E-state index in [4.69, 9.17) is 11.6 Å². The Balaban J connectivity index is 1.31. The number of anilines is 1. The molecule has 1 N–H and O–H groups in total. The number of rotatable bonds is 3. The summed E-state index contributed by atoms with van der Waals surface area (Å²) in [6.07, 6.45) is 8.26. The molecule has 0 saturated carbocycles. The highest BCUT2D eigenvalue weighted by Gasteiger charge is 2.34. The van der Waals surface area contributed by atoms with Crippen molar-refractivity contribution in [2.24, 2.45) is 7.05 Å². The number of hydrogen-bond donors (Lipinski definition) is 1. The zero-order valence-corrected chi connectivity index (χ0v) is 16.8. The highest BCUT2D eigenvalue weighted by molar-refractivity contribution is 6.30. The summed E-state index contributed by atoms with van der Waals surface area (Å²) in [5, 5.41) is 5.19. The monoisotopic (exact) mass is 396 g/mol. The van der Waals surface area contributed by atoms with Gasteiger partial charge in [-0.25, -0.2) is 4.98 Å². The summed E-state index contributed by atoms with van der Waals surface area (Å²) in [6.45, 7) is 4.09. The van der Waals surface area contributed by atoms with E-state index in [2.05, 4.69) is 43.2 Å². The molecule has 1 saturated heterocycles. The molecule has 2 aromatic heterocycles. The fourth-order valence-corrected chi connectivity index (χ4v) is 4.86. The van der Waals surface area contributed by atoms with E-state index in [-0.39, 0.29) is 5.92 Å². The molecule has 7 heteroatoms. The number of halogens is 1. The number of aryl methyl sites for hydroxylation is 1. The van der Waals surface area contributed by atoms with Crippen molar-refractivity contribution in [2.45, 2.75) is 31.3 Å². The minimum Gasteiger partial charge on any atom is -0.371 e. The van der Waals surface area contributed by atoms with Crippen LogP contribution in [-0.2, 0) is 13.6 Å². The number of aromatic amines is 1. The van der Waals surface area contributed by atoms with E-state index in [0.717, 1.165) is 44.0 Å². The summed E-state index contributed by atoms with van der Waals surface area (Å²) >= 11 is 6.18. The summed E-state index contributed by atoms with van der Waals surface area (Å²) in [5.74, 6) is 0.287. The number of nitrogens with one attached hydrogen (secondary N) is 1. The molecule has 1 unspecified atom stereocenters. The van der Waals surface area contributed by atoms with Crippen LogP contribution < -0.4 is 4.90 Å². The Bertz CT molecular complexity index is 955. The average molecular weight is 397 g/mol. The minimum atomic E-state index is 0.287. The topological polar surface area (TPSA) is 53.0 Å². The molecule has 1 atom stereocenters. The minimum absolute atomic E-state index is 0.287. The number of H-pyrrole nitrogens is 1. The summed E-state index contributed by atoms with van der Waals surface area (Å²) < 4.78 is 1.88. The van der Waals surface area contributed by atoms with Crippen molar-refractivity contribution in [3.05, 3.63) is 65.0 Å². The Morgan fingerprint density at radius 1 is 1.21 bits per heavy atom. The molecule has 0 bridgehead atoms. The van der Waals surface area contributed by atoms with Crippen molar-refractivity contribution >= 4 is 17.3 Å². The van der Waals surface area contributed by atoms with Gasteiger partial charge >= 0.3 is 0 Å². The molecule has 2 aliphatic heterocycles. The molecule has 0 aliphatic carbocycles. The van der Waals surface area contributed by atoms with Crippen molar-refractivity contribution in [3.8, 4) is 0 Å². The van der Waals surface area contributed by atoms with Crippen LogP contribution in [0, 0.1) is 0 Å². The SMILES string of the molecule is Cn1cc(C2CN(C3CCN(c4cccc(Cl)c4)CC3)Cc3[nH]cnc32)cn1. The molecule has 146 valence electrons. The number of hydrogen-bond acceptors (Lipinski definition) is 4. The molecule has 1 aromatic carbocycles. The fourth-order valence-electron chi connectivity index (χ4n) is 4.67. The molecule has 6 nitrogen and oxygen atoms in total. The molecular formula is C21H25ClN6. The first kappa shape index (κ1) is 17.8. The third kappa shape index (κ3) is 3.31. The lowest BCUT2D eigenvalue weighted by Crippen LogP contribution is -2.47. The molecular weight excluding hydrogens is 372 g/mol. The maximum atomic E-state index is 6.18. The van der Waals surface area contributed by atoms with E-state index < -0.39 is 0 Å². The predicted molar refractivity (Wildman–Crippen MR) is 111 cm³/mol. The van der Waals surface area contributed by atoms with E-state index in [1.807, 2.05) is 36.4 Å². The van der Waals surface area contributed by atoms with E-state index in [0.29, 0.717) is 6.04 Å². The molecule has 1 fully saturated rings. The van der Waals surface area contributed by atoms with Gasteiger partial charge in [-0.3, -0.25) is 9.58 Å². The number of fused-ring (bicyclic) bond motifs is 1. The molecule has 0 amide bonds. The standard InChI is InChI=1S/C21H25ClN6/c1-26-11-15(10-25-26)19-12-28(13-20-21(19)24-14-23-20)17-5-7-27(8-6-17)18-4-2-3-16(22)9-18/h2-4,9-11,14,17,19H,5-8,12-13H2,1H3,(H,23,24). The Hall–Kier alpha value is -2.31. The zero-order chi connectivity index (χ0) is 19.1. The summed E-state index contributed by atoms with van der Waals surface area (Å²) in [6, 6.07) is 8.78. The van der Waals surface area contributed by atoms with Gasteiger partial charge in [0.1, 0.15) is 0 Å². The highest BCUT2D eigenvalue weighted by Crippen LogP contribution is 2.34. The normalized spacial score (nSPS) is 21.1. The average Bonchev–Trinajstić information content (AvgIpc) is 3.36. The van der Waals surface area contributed by atoms with Crippen LogP contribution >= 0.6 is 11.6 Å². The van der Waals surface area contributed by atoms with E-state index in [9.17, 15) is 0 Å². The van der Waals surface area contributed by atoms with Gasteiger partial charge in [-0.1, -0.05) is 17.7 Å². The lowest BCUT2D eigenvalue weighted by molar-refractivity contribution is 0.142. The van der Waals surface area contributed by atoms with Crippen molar-refractivity contribution in [1.29, 1.82) is 0 Å². The van der Waals surface area contributed by atoms with E-state index in [1.165, 1.54) is 22.6 Å². The van der Waals surface area contributed by atoms with Crippen molar-refractivity contribution in [2.75, 3.05) is 24.5 Å². The lowest BCUT2D eigenvalue weighted by atomic mass is 9.90. The van der Waals surface area contributed by atoms with Gasteiger partial charge in [0.05, 0.1) is 23.9 Å². The maximum Gasteiger partial charge on any atom is 0.0925 e. The number of piperidine rings is 1. The van der Waals surface area contributed by atoms with Crippen LogP contribution in [0.4, 0.5) is 5.69 Å². The molecule has 3 aromatic rings. The number of nitrogens with zero attached hydrogens (tertiary/aromatic N) is 5. The molecule has 2 aliphatic rings. The van der Waals surface area contributed by atoms with Crippen LogP contribution in [0.3, 0.4) is 0 Å². The summed E-state index contributed by atoms with van der Waals surface area (Å²) in [5.41, 5.74) is 4.91. The molecule has 0 spiro atoms. The second-order valence-corrected chi connectivity index (χ2v) is 8.33. The van der Waals surface area contributed by atoms with Crippen molar-refractivity contribution in [1.82, 2.24) is 24.6 Å². The van der Waals surface area contributed by atoms with Gasteiger partial charge in [-0.2, -0.15) is 5.10 Å². The third-order valence-corrected chi connectivity index (χ3v) is 6.38. The van der Waals surface area contributed by atoms with Gasteiger partial charge in [-0.05, 0) is 31.0 Å². The van der Waals surface area contributed by atoms with Crippen LogP contribution in [0.1, 0.15) is 35.7 Å². The first-order valence-corrected chi connectivity index (χ1v) is 10.3. The second kappa shape index (κ2) is 7.26. The Labute approximate surface area is 170 Å². The molecule has 5 rings (SSSR count). The first-order valence-electron chi connectivity index (χ1n) is 9.92. The fraction of sp³-hybridized carbons (Fsp3) is 0.429. The van der Waals surface area contributed by atoms with Gasteiger partial charge in [0.25, 0.3) is 0 Å². The van der Waals surface area contributed by atoms with Gasteiger partial charge < -0.3 is 9.88 Å². The second-order valence-electron chi connectivity index (χ2n) is 7.89. The number of benzene rings is 1. The van der Waals surface area contributed by atoms with Crippen LogP contribution in [-0.4, -0.2) is 50.3 Å². The van der Waals surface area contributed by atoms with Gasteiger partial charge in [0, 0.05) is 67.7 Å². The predicted octanol–water partition coefficient (Wildman–Crippen LogP) is 3.41. The summed E-state index contributed by atoms with van der Waals surface area (Å²) in [4.78, 5) is 13.1. The van der Waals surface area contributed by atoms with Crippen LogP contribution in [0.15, 0.2) is 43.0 Å². The molecule has 0 radical (unpaired) electrons. The molecule has 28 heavy (non-hydrogen) atoms. The molecule has 4 heterocycles. The van der Waals surface area contributed by atoms with Crippen LogP contribution in [0.25, 0.3) is 0 Å². The maximum absolute atomic E-state index is 6.18. The van der Waals surface area contributed by atoms with Gasteiger partial charge in [-0.15, -0.1) is 0 Å². The zero-order valence-electron chi connectivity index (χ0n) is 16.1.